The maximum Gasteiger partial charge on any atom is 0.416 e. The Bertz CT molecular complexity index is 840. The molecule has 0 saturated heterocycles. The van der Waals surface area contributed by atoms with Crippen LogP contribution in [0.15, 0.2) is 42.5 Å². The van der Waals surface area contributed by atoms with Gasteiger partial charge in [-0.1, -0.05) is 29.8 Å². The van der Waals surface area contributed by atoms with Crippen molar-refractivity contribution in [2.75, 3.05) is 11.9 Å². The molecule has 0 fully saturated rings. The van der Waals surface area contributed by atoms with Crippen LogP contribution in [0.5, 0.6) is 0 Å². The van der Waals surface area contributed by atoms with E-state index in [0.29, 0.717) is 6.42 Å². The molecule has 0 aliphatic rings. The zero-order valence-electron chi connectivity index (χ0n) is 15.8. The molecular weight excluding hydrogens is 407 g/mol. The first-order valence-corrected chi connectivity index (χ1v) is 8.70. The van der Waals surface area contributed by atoms with Crippen LogP contribution in [0.1, 0.15) is 28.7 Å². The lowest BCUT2D eigenvalue weighted by molar-refractivity contribution is -0.137. The number of anilines is 1. The van der Waals surface area contributed by atoms with Gasteiger partial charge in [-0.25, -0.2) is 0 Å². The van der Waals surface area contributed by atoms with Gasteiger partial charge in [-0.2, -0.15) is 13.2 Å². The van der Waals surface area contributed by atoms with E-state index in [4.69, 9.17) is 5.73 Å². The van der Waals surface area contributed by atoms with E-state index in [9.17, 15) is 22.8 Å². The largest absolute Gasteiger partial charge is 0.416 e. The molecule has 0 bridgehead atoms. The Morgan fingerprint density at radius 3 is 2.24 bits per heavy atom. The van der Waals surface area contributed by atoms with E-state index in [1.54, 1.807) is 0 Å². The third-order valence-electron chi connectivity index (χ3n) is 4.05. The van der Waals surface area contributed by atoms with Crippen LogP contribution in [0.25, 0.3) is 0 Å². The number of benzene rings is 2. The monoisotopic (exact) mass is 429 g/mol. The third kappa shape index (κ3) is 8.13. The minimum absolute atomic E-state index is 0. The molecule has 0 heterocycles. The summed E-state index contributed by atoms with van der Waals surface area (Å²) in [6, 6.07) is 10.9. The summed E-state index contributed by atoms with van der Waals surface area (Å²) in [7, 11) is 0. The Labute approximate surface area is 173 Å². The predicted octanol–water partition coefficient (Wildman–Crippen LogP) is 3.58. The normalized spacial score (nSPS) is 10.8. The number of rotatable bonds is 7. The first-order chi connectivity index (χ1) is 13.2. The van der Waals surface area contributed by atoms with Crippen molar-refractivity contribution in [1.29, 1.82) is 0 Å². The van der Waals surface area contributed by atoms with E-state index in [2.05, 4.69) is 10.6 Å². The highest BCUT2D eigenvalue weighted by atomic mass is 35.5. The van der Waals surface area contributed by atoms with Crippen LogP contribution in [-0.4, -0.2) is 18.4 Å². The first-order valence-electron chi connectivity index (χ1n) is 8.70. The second-order valence-electron chi connectivity index (χ2n) is 6.43. The highest BCUT2D eigenvalue weighted by Crippen LogP contribution is 2.31. The lowest BCUT2D eigenvalue weighted by Gasteiger charge is -2.13. The molecule has 0 atom stereocenters. The summed E-state index contributed by atoms with van der Waals surface area (Å²) in [5, 5.41) is 4.82. The summed E-state index contributed by atoms with van der Waals surface area (Å²) in [6.07, 6.45) is -3.81. The molecule has 0 aromatic heterocycles. The van der Waals surface area contributed by atoms with Crippen LogP contribution in [0.2, 0.25) is 0 Å². The minimum atomic E-state index is -4.55. The molecule has 0 aliphatic heterocycles. The summed E-state index contributed by atoms with van der Waals surface area (Å²) in [5.74, 6) is -0.937. The molecule has 4 N–H and O–H groups in total. The van der Waals surface area contributed by atoms with Crippen LogP contribution in [-0.2, 0) is 28.7 Å². The molecule has 0 radical (unpaired) electrons. The number of nitrogens with two attached hydrogens (primary N) is 1. The number of hydrogen-bond donors (Lipinski definition) is 3. The van der Waals surface area contributed by atoms with E-state index in [-0.39, 0.29) is 49.1 Å². The van der Waals surface area contributed by atoms with Crippen LogP contribution in [0.3, 0.4) is 0 Å². The van der Waals surface area contributed by atoms with Crippen molar-refractivity contribution in [2.45, 2.75) is 32.5 Å². The summed E-state index contributed by atoms with van der Waals surface area (Å²) < 4.78 is 38.7. The standard InChI is InChI=1S/C20H22F3N3O2.ClH/c1-13-2-4-14(5-3-13)6-7-18(27)25-12-19(28)26-17-9-15(11-24)8-16(10-17)20(21,22)23;/h2-5,8-10H,6-7,11-12,24H2,1H3,(H,25,27)(H,26,28);1H. The number of amides is 2. The molecule has 0 aliphatic carbocycles. The zero-order chi connectivity index (χ0) is 20.7. The average molecular weight is 430 g/mol. The minimum Gasteiger partial charge on any atom is -0.347 e. The van der Waals surface area contributed by atoms with Crippen molar-refractivity contribution in [3.05, 3.63) is 64.7 Å². The van der Waals surface area contributed by atoms with Gasteiger partial charge in [-0.3, -0.25) is 9.59 Å². The van der Waals surface area contributed by atoms with E-state index >= 15 is 0 Å². The van der Waals surface area contributed by atoms with Gasteiger partial charge in [0.15, 0.2) is 0 Å². The molecule has 2 amide bonds. The molecule has 158 valence electrons. The molecular formula is C20H23ClF3N3O2. The van der Waals surface area contributed by atoms with Crippen LogP contribution < -0.4 is 16.4 Å². The zero-order valence-corrected chi connectivity index (χ0v) is 16.6. The smallest absolute Gasteiger partial charge is 0.347 e. The molecule has 5 nitrogen and oxygen atoms in total. The van der Waals surface area contributed by atoms with Gasteiger partial charge in [0, 0.05) is 18.7 Å². The van der Waals surface area contributed by atoms with Gasteiger partial charge in [0.25, 0.3) is 0 Å². The third-order valence-corrected chi connectivity index (χ3v) is 4.05. The van der Waals surface area contributed by atoms with E-state index < -0.39 is 17.6 Å². The summed E-state index contributed by atoms with van der Waals surface area (Å²) >= 11 is 0. The van der Waals surface area contributed by atoms with Crippen molar-refractivity contribution in [3.63, 3.8) is 0 Å². The highest BCUT2D eigenvalue weighted by molar-refractivity contribution is 5.94. The number of halogens is 4. The Balaban J connectivity index is 0.00000420. The average Bonchev–Trinajstić information content (AvgIpc) is 2.65. The second kappa shape index (κ2) is 10.8. The first kappa shape index (κ1) is 24.5. The van der Waals surface area contributed by atoms with E-state index in [1.165, 1.54) is 6.07 Å². The second-order valence-corrected chi connectivity index (χ2v) is 6.43. The van der Waals surface area contributed by atoms with Crippen molar-refractivity contribution in [1.82, 2.24) is 5.32 Å². The number of alkyl halides is 3. The van der Waals surface area contributed by atoms with E-state index in [0.717, 1.165) is 23.3 Å². The molecule has 2 aromatic carbocycles. The fourth-order valence-corrected chi connectivity index (χ4v) is 2.53. The fraction of sp³-hybridized carbons (Fsp3) is 0.300. The van der Waals surface area contributed by atoms with Crippen LogP contribution in [0.4, 0.5) is 18.9 Å². The number of nitrogens with one attached hydrogen (secondary N) is 2. The summed E-state index contributed by atoms with van der Waals surface area (Å²) in [4.78, 5) is 23.8. The Hall–Kier alpha value is -2.58. The van der Waals surface area contributed by atoms with Gasteiger partial charge in [0.2, 0.25) is 11.8 Å². The van der Waals surface area contributed by atoms with Gasteiger partial charge >= 0.3 is 6.18 Å². The Kier molecular flexibility index (Phi) is 9.13. The Morgan fingerprint density at radius 2 is 1.66 bits per heavy atom. The number of carbonyl (C=O) groups excluding carboxylic acids is 2. The number of hydrogen-bond acceptors (Lipinski definition) is 3. The highest BCUT2D eigenvalue weighted by Gasteiger charge is 2.31. The van der Waals surface area contributed by atoms with Gasteiger partial charge < -0.3 is 16.4 Å². The lowest BCUT2D eigenvalue weighted by atomic mass is 10.1. The predicted molar refractivity (Wildman–Crippen MR) is 108 cm³/mol. The molecule has 0 unspecified atom stereocenters. The molecule has 9 heteroatoms. The van der Waals surface area contributed by atoms with Crippen molar-refractivity contribution < 1.29 is 22.8 Å². The molecule has 0 saturated carbocycles. The Morgan fingerprint density at radius 1 is 1.00 bits per heavy atom. The number of aryl methyl sites for hydroxylation is 2. The summed E-state index contributed by atoms with van der Waals surface area (Å²) in [6.45, 7) is 1.54. The van der Waals surface area contributed by atoms with Gasteiger partial charge in [0.05, 0.1) is 12.1 Å². The maximum atomic E-state index is 12.9. The summed E-state index contributed by atoms with van der Waals surface area (Å²) in [5.41, 5.74) is 6.87. The van der Waals surface area contributed by atoms with Crippen LogP contribution >= 0.6 is 12.4 Å². The molecule has 29 heavy (non-hydrogen) atoms. The van der Waals surface area contributed by atoms with E-state index in [1.807, 2.05) is 31.2 Å². The SMILES string of the molecule is Cc1ccc(CCC(=O)NCC(=O)Nc2cc(CN)cc(C(F)(F)F)c2)cc1.Cl. The number of carbonyl (C=O) groups is 2. The van der Waals surface area contributed by atoms with Crippen molar-refractivity contribution in [3.8, 4) is 0 Å². The van der Waals surface area contributed by atoms with Crippen molar-refractivity contribution >= 4 is 29.9 Å². The fourth-order valence-electron chi connectivity index (χ4n) is 2.53. The molecule has 2 rings (SSSR count). The molecule has 2 aromatic rings. The van der Waals surface area contributed by atoms with Gasteiger partial charge in [-0.15, -0.1) is 12.4 Å². The quantitative estimate of drug-likeness (QED) is 0.629. The van der Waals surface area contributed by atoms with Crippen molar-refractivity contribution in [2.24, 2.45) is 5.73 Å². The van der Waals surface area contributed by atoms with Gasteiger partial charge in [-0.05, 0) is 42.7 Å². The maximum absolute atomic E-state index is 12.9. The topological polar surface area (TPSA) is 84.2 Å². The van der Waals surface area contributed by atoms with Gasteiger partial charge in [0.1, 0.15) is 0 Å². The molecule has 0 spiro atoms. The lowest BCUT2D eigenvalue weighted by Crippen LogP contribution is -2.33. The van der Waals surface area contributed by atoms with Crippen LogP contribution in [0, 0.1) is 6.92 Å².